The Kier molecular flexibility index (Phi) is 4.13. The normalized spacial score (nSPS) is 25.6. The summed E-state index contributed by atoms with van der Waals surface area (Å²) in [5, 5.41) is 12.2. The van der Waals surface area contributed by atoms with Crippen LogP contribution < -0.4 is 0 Å². The van der Waals surface area contributed by atoms with Crippen molar-refractivity contribution in [3.8, 4) is 0 Å². The first-order chi connectivity index (χ1) is 10.5. The second kappa shape index (κ2) is 5.49. The first-order valence-corrected chi connectivity index (χ1v) is 11.9. The first kappa shape index (κ1) is 17.3. The van der Waals surface area contributed by atoms with E-state index in [2.05, 4.69) is 43.8 Å². The van der Waals surface area contributed by atoms with Crippen molar-refractivity contribution >= 4 is 41.5 Å². The summed E-state index contributed by atoms with van der Waals surface area (Å²) in [6.45, 7) is 11.2. The summed E-state index contributed by atoms with van der Waals surface area (Å²) in [6, 6.07) is 1.97. The average molecular weight is 371 g/mol. The van der Waals surface area contributed by atoms with E-state index in [9.17, 15) is 5.11 Å². The highest BCUT2D eigenvalue weighted by atomic mass is 35.5. The van der Waals surface area contributed by atoms with E-state index in [-0.39, 0.29) is 16.4 Å². The molecule has 0 aliphatic heterocycles. The summed E-state index contributed by atoms with van der Waals surface area (Å²) in [5.41, 5.74) is -0.801. The summed E-state index contributed by atoms with van der Waals surface area (Å²) in [5.74, 6) is 0. The van der Waals surface area contributed by atoms with Crippen LogP contribution in [0.5, 0.6) is 0 Å². The standard InChI is InChI=1S/C16H23ClN2O2SSi/c1-15(2,3)23(4,5)21-11-7-16(20,8-11)12-6-10-9-18-14(17)19-13(10)22-12/h6,9,11,20H,7-8H2,1-5H3. The van der Waals surface area contributed by atoms with E-state index in [4.69, 9.17) is 16.0 Å². The predicted octanol–water partition coefficient (Wildman–Crippen LogP) is 4.72. The predicted molar refractivity (Wildman–Crippen MR) is 97.6 cm³/mol. The Labute approximate surface area is 147 Å². The molecule has 0 spiro atoms. The molecule has 2 heterocycles. The molecule has 1 aliphatic carbocycles. The van der Waals surface area contributed by atoms with Gasteiger partial charge in [-0.25, -0.2) is 9.97 Å². The van der Waals surface area contributed by atoms with E-state index in [1.807, 2.05) is 6.07 Å². The van der Waals surface area contributed by atoms with Crippen molar-refractivity contribution in [2.75, 3.05) is 0 Å². The molecule has 0 bridgehead atoms. The van der Waals surface area contributed by atoms with Gasteiger partial charge in [-0.3, -0.25) is 0 Å². The molecule has 7 heteroatoms. The Bertz CT molecular complexity index is 735. The minimum Gasteiger partial charge on any atom is -0.414 e. The van der Waals surface area contributed by atoms with Crippen LogP contribution in [0.4, 0.5) is 0 Å². The van der Waals surface area contributed by atoms with Crippen LogP contribution in [0.15, 0.2) is 12.3 Å². The summed E-state index contributed by atoms with van der Waals surface area (Å²) < 4.78 is 6.38. The Balaban J connectivity index is 1.73. The quantitative estimate of drug-likeness (QED) is 0.627. The molecule has 0 saturated heterocycles. The topological polar surface area (TPSA) is 55.2 Å². The van der Waals surface area contributed by atoms with Crippen molar-refractivity contribution in [2.45, 2.75) is 63.5 Å². The Hall–Kier alpha value is -0.533. The fourth-order valence-corrected chi connectivity index (χ4v) is 5.26. The fraction of sp³-hybridized carbons (Fsp3) is 0.625. The number of nitrogens with zero attached hydrogens (tertiary/aromatic N) is 2. The molecule has 4 nitrogen and oxygen atoms in total. The molecule has 1 fully saturated rings. The Morgan fingerprint density at radius 3 is 2.65 bits per heavy atom. The van der Waals surface area contributed by atoms with Gasteiger partial charge in [-0.15, -0.1) is 11.3 Å². The highest BCUT2D eigenvalue weighted by Crippen LogP contribution is 2.49. The van der Waals surface area contributed by atoms with Gasteiger partial charge < -0.3 is 9.53 Å². The zero-order valence-corrected chi connectivity index (χ0v) is 16.8. The molecule has 2 aromatic rings. The van der Waals surface area contributed by atoms with E-state index >= 15 is 0 Å². The average Bonchev–Trinajstić information content (AvgIpc) is 2.78. The summed E-state index contributed by atoms with van der Waals surface area (Å²) in [4.78, 5) is 9.96. The SMILES string of the molecule is CC(C)(C)[Si](C)(C)OC1CC(O)(c2cc3cnc(Cl)nc3s2)C1. The lowest BCUT2D eigenvalue weighted by Crippen LogP contribution is -2.52. The van der Waals surface area contributed by atoms with Crippen molar-refractivity contribution in [3.63, 3.8) is 0 Å². The number of rotatable bonds is 3. The third-order valence-electron chi connectivity index (χ3n) is 5.10. The van der Waals surface area contributed by atoms with Crippen LogP contribution in [0.25, 0.3) is 10.2 Å². The van der Waals surface area contributed by atoms with Crippen LogP contribution in [0.2, 0.25) is 23.4 Å². The van der Waals surface area contributed by atoms with Gasteiger partial charge in [0.25, 0.3) is 0 Å². The van der Waals surface area contributed by atoms with Crippen LogP contribution in [-0.2, 0) is 10.0 Å². The van der Waals surface area contributed by atoms with Gasteiger partial charge in [-0.1, -0.05) is 20.8 Å². The first-order valence-electron chi connectivity index (χ1n) is 7.83. The van der Waals surface area contributed by atoms with Crippen LogP contribution in [0, 0.1) is 0 Å². The van der Waals surface area contributed by atoms with Gasteiger partial charge in [0.2, 0.25) is 5.28 Å². The molecule has 0 atom stereocenters. The number of hydrogen-bond donors (Lipinski definition) is 1. The molecule has 0 unspecified atom stereocenters. The van der Waals surface area contributed by atoms with Crippen molar-refractivity contribution < 1.29 is 9.53 Å². The van der Waals surface area contributed by atoms with Crippen LogP contribution in [-0.4, -0.2) is 29.5 Å². The summed E-state index contributed by atoms with van der Waals surface area (Å²) in [7, 11) is -1.79. The molecule has 1 N–H and O–H groups in total. The summed E-state index contributed by atoms with van der Waals surface area (Å²) in [6.07, 6.45) is 3.14. The zero-order chi connectivity index (χ0) is 17.0. The van der Waals surface area contributed by atoms with Gasteiger partial charge in [-0.05, 0) is 35.8 Å². The van der Waals surface area contributed by atoms with Gasteiger partial charge in [-0.2, -0.15) is 0 Å². The van der Waals surface area contributed by atoms with Crippen LogP contribution in [0.3, 0.4) is 0 Å². The third kappa shape index (κ3) is 3.19. The number of hydrogen-bond acceptors (Lipinski definition) is 5. The van der Waals surface area contributed by atoms with E-state index in [0.717, 1.165) is 15.1 Å². The van der Waals surface area contributed by atoms with Gasteiger partial charge in [0.05, 0.1) is 6.10 Å². The van der Waals surface area contributed by atoms with E-state index in [1.54, 1.807) is 6.20 Å². The van der Waals surface area contributed by atoms with Crippen LogP contribution in [0.1, 0.15) is 38.5 Å². The number of aromatic nitrogens is 2. The molecule has 0 radical (unpaired) electrons. The number of thiophene rings is 1. The second-order valence-electron chi connectivity index (χ2n) is 7.95. The lowest BCUT2D eigenvalue weighted by molar-refractivity contribution is -0.111. The van der Waals surface area contributed by atoms with Crippen LogP contribution >= 0.6 is 22.9 Å². The van der Waals surface area contributed by atoms with Gasteiger partial charge >= 0.3 is 0 Å². The van der Waals surface area contributed by atoms with E-state index in [0.29, 0.717) is 12.8 Å². The maximum absolute atomic E-state index is 10.9. The Morgan fingerprint density at radius 2 is 2.04 bits per heavy atom. The molecule has 0 aromatic carbocycles. The molecule has 1 aliphatic rings. The third-order valence-corrected chi connectivity index (χ3v) is 11.1. The lowest BCUT2D eigenvalue weighted by atomic mass is 9.76. The molecule has 1 saturated carbocycles. The number of fused-ring (bicyclic) bond motifs is 1. The Morgan fingerprint density at radius 1 is 1.39 bits per heavy atom. The second-order valence-corrected chi connectivity index (χ2v) is 14.1. The minimum absolute atomic E-state index is 0.140. The molecular weight excluding hydrogens is 348 g/mol. The zero-order valence-electron chi connectivity index (χ0n) is 14.2. The highest BCUT2D eigenvalue weighted by molar-refractivity contribution is 7.18. The maximum Gasteiger partial charge on any atom is 0.223 e. The van der Waals surface area contributed by atoms with Crippen molar-refractivity contribution in [2.24, 2.45) is 0 Å². The van der Waals surface area contributed by atoms with Gasteiger partial charge in [0.15, 0.2) is 8.32 Å². The maximum atomic E-state index is 10.9. The molecular formula is C16H23ClN2O2SSi. The number of aliphatic hydroxyl groups is 1. The molecule has 0 amide bonds. The van der Waals surface area contributed by atoms with Gasteiger partial charge in [0, 0.05) is 29.3 Å². The highest BCUT2D eigenvalue weighted by Gasteiger charge is 2.49. The minimum atomic E-state index is -1.79. The van der Waals surface area contributed by atoms with Crippen molar-refractivity contribution in [3.05, 3.63) is 22.4 Å². The van der Waals surface area contributed by atoms with Crippen molar-refractivity contribution in [1.82, 2.24) is 9.97 Å². The molecule has 2 aromatic heterocycles. The van der Waals surface area contributed by atoms with E-state index in [1.165, 1.54) is 11.3 Å². The molecule has 126 valence electrons. The molecule has 3 rings (SSSR count). The lowest BCUT2D eigenvalue weighted by Gasteiger charge is -2.48. The fourth-order valence-electron chi connectivity index (χ4n) is 2.61. The van der Waals surface area contributed by atoms with E-state index < -0.39 is 13.9 Å². The largest absolute Gasteiger partial charge is 0.414 e. The molecule has 23 heavy (non-hydrogen) atoms. The number of halogens is 1. The van der Waals surface area contributed by atoms with Gasteiger partial charge in [0.1, 0.15) is 10.4 Å². The monoisotopic (exact) mass is 370 g/mol. The smallest absolute Gasteiger partial charge is 0.223 e. The summed E-state index contributed by atoms with van der Waals surface area (Å²) >= 11 is 7.33. The van der Waals surface area contributed by atoms with Crippen molar-refractivity contribution in [1.29, 1.82) is 0 Å².